The summed E-state index contributed by atoms with van der Waals surface area (Å²) in [5.74, 6) is -2.47. The van der Waals surface area contributed by atoms with Crippen molar-refractivity contribution in [2.45, 2.75) is 161 Å². The van der Waals surface area contributed by atoms with Crippen molar-refractivity contribution in [2.24, 2.45) is 0 Å². The zero-order valence-corrected chi connectivity index (χ0v) is 35.7. The van der Waals surface area contributed by atoms with Crippen molar-refractivity contribution >= 4 is 25.7 Å². The number of unbranched alkanes of at least 4 members (excludes halogenated alkanes) is 10. The minimum absolute atomic E-state index is 0.121. The maximum absolute atomic E-state index is 12.3. The number of carboxylic acid groups (broad SMARTS) is 1. The van der Waals surface area contributed by atoms with Gasteiger partial charge in [0.15, 0.2) is 6.04 Å². The van der Waals surface area contributed by atoms with Gasteiger partial charge in [-0.25, -0.2) is 9.36 Å². The van der Waals surface area contributed by atoms with E-state index in [4.69, 9.17) is 13.8 Å². The molecule has 3 unspecified atom stereocenters. The molecule has 324 valence electrons. The first-order valence-electron chi connectivity index (χ1n) is 21.1. The number of rotatable bonds is 38. The van der Waals surface area contributed by atoms with Gasteiger partial charge in [0, 0.05) is 12.8 Å². The van der Waals surface area contributed by atoms with Gasteiger partial charge < -0.3 is 25.2 Å². The lowest BCUT2D eigenvalue weighted by atomic mass is 10.1. The number of aliphatic carboxylic acids is 1. The van der Waals surface area contributed by atoms with Crippen LogP contribution in [-0.2, 0) is 32.7 Å². The highest BCUT2D eigenvalue weighted by molar-refractivity contribution is 7.47. The molecule has 11 nitrogen and oxygen atoms in total. The van der Waals surface area contributed by atoms with Crippen molar-refractivity contribution in [3.05, 3.63) is 85.1 Å². The predicted octanol–water partition coefficient (Wildman–Crippen LogP) is 10.7. The number of phosphoric acid groups is 1. The Morgan fingerprint density at radius 2 is 1.04 bits per heavy atom. The fourth-order valence-corrected chi connectivity index (χ4v) is 5.92. The van der Waals surface area contributed by atoms with Crippen LogP contribution < -0.4 is 5.32 Å². The van der Waals surface area contributed by atoms with Gasteiger partial charge in [-0.2, -0.15) is 0 Å². The van der Waals surface area contributed by atoms with E-state index in [9.17, 15) is 34.1 Å². The van der Waals surface area contributed by atoms with E-state index in [0.29, 0.717) is 19.3 Å². The topological polar surface area (TPSA) is 169 Å². The average molecular weight is 820 g/mol. The van der Waals surface area contributed by atoms with Gasteiger partial charge in [-0.1, -0.05) is 137 Å². The number of carboxylic acids is 1. The highest BCUT2D eigenvalue weighted by atomic mass is 31.2. The molecule has 0 aromatic rings. The lowest BCUT2D eigenvalue weighted by Crippen LogP contribution is -2.43. The van der Waals surface area contributed by atoms with E-state index in [1.807, 2.05) is 12.2 Å². The lowest BCUT2D eigenvalue weighted by molar-refractivity contribution is -0.147. The highest BCUT2D eigenvalue weighted by Gasteiger charge is 2.28. The largest absolute Gasteiger partial charge is 0.480 e. The van der Waals surface area contributed by atoms with Crippen LogP contribution in [0.25, 0.3) is 0 Å². The number of esters is 1. The van der Waals surface area contributed by atoms with E-state index in [2.05, 4.69) is 92.1 Å². The molecule has 0 aromatic carbocycles. The zero-order chi connectivity index (χ0) is 42.1. The van der Waals surface area contributed by atoms with Crippen LogP contribution in [-0.4, -0.2) is 64.9 Å². The summed E-state index contributed by atoms with van der Waals surface area (Å²) in [6, 6.07) is -1.57. The van der Waals surface area contributed by atoms with Crippen molar-refractivity contribution in [3.63, 3.8) is 0 Å². The summed E-state index contributed by atoms with van der Waals surface area (Å²) in [6.45, 7) is 2.37. The molecule has 0 rings (SSSR count). The minimum Gasteiger partial charge on any atom is -0.480 e. The van der Waals surface area contributed by atoms with Crippen LogP contribution >= 0.6 is 7.82 Å². The SMILES string of the molecule is CC/C=C\C/C=C\C/C=C\C/C=C\C/C=C\CCCC(=O)OCC(O)COP(=O)(O)OCC(NC(=O)CCCCCCC/C=C\C/C=C\CCCCCC)C(=O)O. The molecule has 0 aliphatic carbocycles. The molecule has 0 fully saturated rings. The van der Waals surface area contributed by atoms with Crippen LogP contribution in [0.5, 0.6) is 0 Å². The second-order valence-corrected chi connectivity index (χ2v) is 15.2. The number of allylic oxidation sites excluding steroid dienone is 14. The van der Waals surface area contributed by atoms with E-state index in [1.54, 1.807) is 0 Å². The summed E-state index contributed by atoms with van der Waals surface area (Å²) < 4.78 is 26.7. The summed E-state index contributed by atoms with van der Waals surface area (Å²) >= 11 is 0. The Kier molecular flexibility index (Phi) is 37.2. The van der Waals surface area contributed by atoms with Gasteiger partial charge in [-0.3, -0.25) is 18.6 Å². The van der Waals surface area contributed by atoms with E-state index in [-0.39, 0.29) is 12.8 Å². The molecule has 1 amide bonds. The standard InChI is InChI=1S/C45H74NO10P/c1-3-5-7-9-11-13-15-17-19-21-23-25-27-29-31-33-35-37-44(49)54-38-41(47)39-55-57(52,53)56-40-42(45(50)51)46-43(48)36-34-32-30-28-26-24-22-20-18-16-14-12-10-8-6-4-2/h5,7,11,13-14,16-17,19-20,22-23,25,29,31,41-42,47H,3-4,6,8-10,12,15,18,21,24,26-28,30,32-40H2,1-2H3,(H,46,48)(H,50,51)(H,52,53)/b7-5-,13-11-,16-14-,19-17-,22-20-,25-23-,31-29-. The number of ether oxygens (including phenoxy) is 1. The molecule has 0 heterocycles. The number of hydrogen-bond donors (Lipinski definition) is 4. The molecule has 4 N–H and O–H groups in total. The summed E-state index contributed by atoms with van der Waals surface area (Å²) in [5.41, 5.74) is 0. The molecule has 0 saturated heterocycles. The number of aliphatic hydroxyl groups is 1. The molecule has 0 aliphatic heterocycles. The number of carbonyl (C=O) groups excluding carboxylic acids is 2. The van der Waals surface area contributed by atoms with Crippen molar-refractivity contribution in [2.75, 3.05) is 19.8 Å². The third-order valence-electron chi connectivity index (χ3n) is 8.42. The van der Waals surface area contributed by atoms with Crippen LogP contribution in [0.3, 0.4) is 0 Å². The van der Waals surface area contributed by atoms with Gasteiger partial charge in [0.1, 0.15) is 12.7 Å². The minimum atomic E-state index is -4.78. The normalized spacial score (nSPS) is 14.6. The van der Waals surface area contributed by atoms with Crippen LogP contribution in [0, 0.1) is 0 Å². The van der Waals surface area contributed by atoms with Crippen molar-refractivity contribution in [3.8, 4) is 0 Å². The number of aliphatic hydroxyl groups excluding tert-OH is 1. The van der Waals surface area contributed by atoms with E-state index in [0.717, 1.165) is 77.0 Å². The fourth-order valence-electron chi connectivity index (χ4n) is 5.14. The second kappa shape index (κ2) is 39.5. The number of carbonyl (C=O) groups is 3. The Balaban J connectivity index is 4.04. The Labute approximate surface area is 343 Å². The van der Waals surface area contributed by atoms with Crippen molar-refractivity contribution in [1.29, 1.82) is 0 Å². The maximum Gasteiger partial charge on any atom is 0.472 e. The molecule has 0 spiro atoms. The van der Waals surface area contributed by atoms with Crippen molar-refractivity contribution < 1.29 is 47.8 Å². The maximum atomic E-state index is 12.3. The summed E-state index contributed by atoms with van der Waals surface area (Å²) in [7, 11) is -4.78. The first-order valence-corrected chi connectivity index (χ1v) is 22.6. The summed E-state index contributed by atoms with van der Waals surface area (Å²) in [6.07, 6.45) is 47.5. The smallest absolute Gasteiger partial charge is 0.472 e. The van der Waals surface area contributed by atoms with Crippen LogP contribution in [0.1, 0.15) is 149 Å². The Morgan fingerprint density at radius 3 is 1.56 bits per heavy atom. The Morgan fingerprint density at radius 1 is 0.579 bits per heavy atom. The van der Waals surface area contributed by atoms with Crippen LogP contribution in [0.2, 0.25) is 0 Å². The molecular weight excluding hydrogens is 745 g/mol. The highest BCUT2D eigenvalue weighted by Crippen LogP contribution is 2.43. The molecule has 3 atom stereocenters. The first kappa shape index (κ1) is 53.7. The van der Waals surface area contributed by atoms with Gasteiger partial charge in [0.05, 0.1) is 13.2 Å². The van der Waals surface area contributed by atoms with Gasteiger partial charge in [0.2, 0.25) is 5.91 Å². The fraction of sp³-hybridized carbons (Fsp3) is 0.622. The van der Waals surface area contributed by atoms with Crippen LogP contribution in [0.15, 0.2) is 85.1 Å². The number of phosphoric ester groups is 1. The van der Waals surface area contributed by atoms with E-state index < -0.39 is 57.6 Å². The molecule has 0 bridgehead atoms. The Bertz CT molecular complexity index is 1290. The van der Waals surface area contributed by atoms with Gasteiger partial charge in [0.25, 0.3) is 0 Å². The molecule has 57 heavy (non-hydrogen) atoms. The Hall–Kier alpha value is -3.34. The quantitative estimate of drug-likeness (QED) is 0.0204. The first-order chi connectivity index (χ1) is 27.6. The van der Waals surface area contributed by atoms with Gasteiger partial charge >= 0.3 is 19.8 Å². The molecular formula is C45H74NO10P. The molecule has 0 radical (unpaired) electrons. The second-order valence-electron chi connectivity index (χ2n) is 13.8. The lowest BCUT2D eigenvalue weighted by Gasteiger charge is -2.18. The van der Waals surface area contributed by atoms with Gasteiger partial charge in [-0.15, -0.1) is 0 Å². The molecule has 0 saturated carbocycles. The predicted molar refractivity (Wildman–Crippen MR) is 231 cm³/mol. The van der Waals surface area contributed by atoms with Crippen LogP contribution in [0.4, 0.5) is 0 Å². The molecule has 12 heteroatoms. The number of nitrogens with one attached hydrogen (secondary N) is 1. The van der Waals surface area contributed by atoms with Crippen molar-refractivity contribution in [1.82, 2.24) is 5.32 Å². The third kappa shape index (κ3) is 39.3. The monoisotopic (exact) mass is 820 g/mol. The van der Waals surface area contributed by atoms with E-state index >= 15 is 0 Å². The van der Waals surface area contributed by atoms with E-state index in [1.165, 1.54) is 25.7 Å². The number of hydrogen-bond acceptors (Lipinski definition) is 8. The summed E-state index contributed by atoms with van der Waals surface area (Å²) in [5, 5.41) is 21.8. The molecule has 0 aliphatic rings. The van der Waals surface area contributed by atoms with Gasteiger partial charge in [-0.05, 0) is 83.5 Å². The summed E-state index contributed by atoms with van der Waals surface area (Å²) in [4.78, 5) is 45.8. The molecule has 0 aromatic heterocycles. The third-order valence-corrected chi connectivity index (χ3v) is 9.37. The number of amides is 1. The zero-order valence-electron chi connectivity index (χ0n) is 34.9. The average Bonchev–Trinajstić information content (AvgIpc) is 3.18.